The monoisotopic (exact) mass is 393 g/mol. The van der Waals surface area contributed by atoms with E-state index in [9.17, 15) is 0 Å². The first-order valence-electron chi connectivity index (χ1n) is 11.1. The number of hydrogen-bond acceptors (Lipinski definition) is 1. The topological polar surface area (TPSA) is 12.0 Å². The van der Waals surface area contributed by atoms with Gasteiger partial charge in [0.15, 0.2) is 0 Å². The van der Waals surface area contributed by atoms with Crippen molar-refractivity contribution in [1.29, 1.82) is 0 Å². The molecule has 4 aromatic rings. The maximum atomic E-state index is 3.60. The molecule has 0 aliphatic heterocycles. The predicted octanol–water partition coefficient (Wildman–Crippen LogP) is -2.04. The van der Waals surface area contributed by atoms with E-state index in [0.29, 0.717) is 0 Å². The van der Waals surface area contributed by atoms with Gasteiger partial charge in [-0.2, -0.15) is 0 Å². The first-order valence-corrected chi connectivity index (χ1v) is 11.1. The van der Waals surface area contributed by atoms with Crippen molar-refractivity contribution in [2.24, 2.45) is 0 Å². The highest BCUT2D eigenvalue weighted by Crippen LogP contribution is 2.38. The van der Waals surface area contributed by atoms with Gasteiger partial charge in [-0.3, -0.25) is 0 Å². The predicted molar refractivity (Wildman–Crippen MR) is 151 cm³/mol. The fraction of sp³-hybridized carbons (Fsp3) is 0.0400. The highest BCUT2D eigenvalue weighted by Gasteiger charge is 2.18. The van der Waals surface area contributed by atoms with Crippen LogP contribution in [0.4, 0.5) is 11.4 Å². The minimum Gasteiger partial charge on any atom is -0.356 e. The normalized spacial score (nSPS) is 11.7. The lowest BCUT2D eigenvalue weighted by molar-refractivity contribution is 1.26. The van der Waals surface area contributed by atoms with Crippen LogP contribution in [-0.4, -0.2) is 39.2 Å². The fourth-order valence-electron chi connectivity index (χ4n) is 5.04. The third-order valence-corrected chi connectivity index (χ3v) is 7.26. The van der Waals surface area contributed by atoms with E-state index in [0.717, 1.165) is 17.8 Å². The van der Waals surface area contributed by atoms with Crippen molar-refractivity contribution in [2.45, 2.75) is 6.42 Å². The molecule has 0 spiro atoms. The van der Waals surface area contributed by atoms with E-state index in [-0.39, 0.29) is 0 Å². The number of rotatable bonds is 3. The molecule has 0 heterocycles. The van der Waals surface area contributed by atoms with Crippen molar-refractivity contribution >= 4 is 77.9 Å². The van der Waals surface area contributed by atoms with Crippen LogP contribution in [0.25, 0.3) is 22.3 Å². The molecule has 1 aliphatic carbocycles. The van der Waals surface area contributed by atoms with E-state index < -0.39 is 0 Å². The first-order chi connectivity index (χ1) is 14.9. The Labute approximate surface area is 189 Å². The summed E-state index contributed by atoms with van der Waals surface area (Å²) in [6.07, 6.45) is 1.02. The van der Waals surface area contributed by atoms with Crippen LogP contribution >= 0.6 is 0 Å². The second-order valence-electron chi connectivity index (χ2n) is 8.91. The summed E-state index contributed by atoms with van der Waals surface area (Å²) < 4.78 is 0. The Morgan fingerprint density at radius 1 is 0.548 bits per heavy atom. The highest BCUT2D eigenvalue weighted by molar-refractivity contribution is 6.68. The summed E-state index contributed by atoms with van der Waals surface area (Å²) in [4.78, 5) is 0. The summed E-state index contributed by atoms with van der Waals surface area (Å²) in [5, 5.41) is 3.60. The minimum atomic E-state index is 1.02. The van der Waals surface area contributed by atoms with Crippen molar-refractivity contribution in [1.82, 2.24) is 0 Å². The molecule has 0 aromatic heterocycles. The quantitative estimate of drug-likeness (QED) is 0.349. The van der Waals surface area contributed by atoms with Gasteiger partial charge in [0.2, 0.25) is 0 Å². The van der Waals surface area contributed by atoms with Gasteiger partial charge in [0, 0.05) is 11.4 Å². The number of hydrogen-bond donors (Lipinski definition) is 1. The lowest BCUT2D eigenvalue weighted by atomic mass is 9.60. The average Bonchev–Trinajstić information content (AvgIpc) is 3.15. The lowest BCUT2D eigenvalue weighted by Crippen LogP contribution is -2.55. The molecule has 5 rings (SSSR count). The van der Waals surface area contributed by atoms with Crippen LogP contribution in [0.5, 0.6) is 0 Å². The van der Waals surface area contributed by atoms with E-state index in [1.54, 1.807) is 0 Å². The van der Waals surface area contributed by atoms with Gasteiger partial charge >= 0.3 is 0 Å². The van der Waals surface area contributed by atoms with Crippen molar-refractivity contribution < 1.29 is 0 Å². The Bertz CT molecular complexity index is 1300. The number of anilines is 2. The standard InChI is InChI=1S/C25H24B5N/c26-21-20(22(27)24(29)25(30)23(21)28)13-5-7-16(8-6-13)31-17-9-10-19-15(12-17)11-14-3-1-2-4-18(14)19/h1-10,12,31H,11,26-30H2. The van der Waals surface area contributed by atoms with Gasteiger partial charge in [0.05, 0.1) is 0 Å². The molecule has 1 aliphatic rings. The van der Waals surface area contributed by atoms with Crippen molar-refractivity contribution in [3.63, 3.8) is 0 Å². The zero-order valence-electron chi connectivity index (χ0n) is 19.1. The summed E-state index contributed by atoms with van der Waals surface area (Å²) >= 11 is 0. The fourth-order valence-corrected chi connectivity index (χ4v) is 5.04. The minimum absolute atomic E-state index is 1.02. The highest BCUT2D eigenvalue weighted by atomic mass is 14.9. The molecule has 0 fully saturated rings. The molecular formula is C25H24B5N. The van der Waals surface area contributed by atoms with Crippen LogP contribution in [0.1, 0.15) is 11.1 Å². The third kappa shape index (κ3) is 3.35. The zero-order valence-corrected chi connectivity index (χ0v) is 19.1. The SMILES string of the molecule is Bc1c(B)c(B)c(-c2ccc(Nc3ccc4c(c3)Cc3ccccc3-4)cc2)c(B)c1B. The summed E-state index contributed by atoms with van der Waals surface area (Å²) in [6, 6.07) is 24.3. The van der Waals surface area contributed by atoms with Crippen LogP contribution in [0, 0.1) is 0 Å². The van der Waals surface area contributed by atoms with Gasteiger partial charge in [0.25, 0.3) is 0 Å². The van der Waals surface area contributed by atoms with Crippen LogP contribution in [0.2, 0.25) is 0 Å². The molecular weight excluding hydrogens is 368 g/mol. The molecule has 0 radical (unpaired) electrons. The molecule has 0 saturated heterocycles. The summed E-state index contributed by atoms with van der Waals surface area (Å²) in [6.45, 7) is 0. The maximum Gasteiger partial charge on any atom is 0.139 e. The molecule has 0 bridgehead atoms. The summed E-state index contributed by atoms with van der Waals surface area (Å²) in [7, 11) is 11.2. The summed E-state index contributed by atoms with van der Waals surface area (Å²) in [5.41, 5.74) is 17.5. The van der Waals surface area contributed by atoms with Gasteiger partial charge in [-0.25, -0.2) is 0 Å². The number of fused-ring (bicyclic) bond motifs is 3. The molecule has 31 heavy (non-hydrogen) atoms. The lowest BCUT2D eigenvalue weighted by Gasteiger charge is -2.20. The van der Waals surface area contributed by atoms with Crippen molar-refractivity contribution in [2.75, 3.05) is 5.32 Å². The van der Waals surface area contributed by atoms with Gasteiger partial charge in [0.1, 0.15) is 39.2 Å². The van der Waals surface area contributed by atoms with E-state index in [2.05, 4.69) is 111 Å². The molecule has 0 saturated carbocycles. The third-order valence-electron chi connectivity index (χ3n) is 7.26. The Balaban J connectivity index is 1.42. The Hall–Kier alpha value is -3.00. The van der Waals surface area contributed by atoms with E-state index in [4.69, 9.17) is 0 Å². The molecule has 144 valence electrons. The van der Waals surface area contributed by atoms with Crippen LogP contribution in [-0.2, 0) is 6.42 Å². The summed E-state index contributed by atoms with van der Waals surface area (Å²) in [5.74, 6) is 0. The van der Waals surface area contributed by atoms with E-state index >= 15 is 0 Å². The number of benzene rings is 4. The number of nitrogens with one attached hydrogen (secondary N) is 1. The molecule has 4 aromatic carbocycles. The first kappa shape index (κ1) is 19.9. The Morgan fingerprint density at radius 2 is 1.13 bits per heavy atom. The molecule has 0 amide bonds. The smallest absolute Gasteiger partial charge is 0.139 e. The van der Waals surface area contributed by atoms with Crippen LogP contribution in [0.15, 0.2) is 66.7 Å². The molecule has 0 unspecified atom stereocenters. The van der Waals surface area contributed by atoms with Gasteiger partial charge < -0.3 is 5.32 Å². The van der Waals surface area contributed by atoms with Gasteiger partial charge in [-0.05, 0) is 64.1 Å². The molecule has 0 atom stereocenters. The zero-order chi connectivity index (χ0) is 21.7. The Kier molecular flexibility index (Phi) is 4.89. The second-order valence-corrected chi connectivity index (χ2v) is 8.91. The molecule has 1 N–H and O–H groups in total. The van der Waals surface area contributed by atoms with E-state index in [1.165, 1.54) is 60.7 Å². The maximum absolute atomic E-state index is 3.60. The van der Waals surface area contributed by atoms with Crippen LogP contribution < -0.4 is 32.6 Å². The van der Waals surface area contributed by atoms with Crippen molar-refractivity contribution in [3.05, 3.63) is 77.9 Å². The molecule has 1 nitrogen and oxygen atoms in total. The van der Waals surface area contributed by atoms with Crippen LogP contribution in [0.3, 0.4) is 0 Å². The second kappa shape index (κ2) is 7.60. The Morgan fingerprint density at radius 3 is 1.84 bits per heavy atom. The largest absolute Gasteiger partial charge is 0.356 e. The molecule has 6 heteroatoms. The average molecular weight is 393 g/mol. The van der Waals surface area contributed by atoms with E-state index in [1.807, 2.05) is 0 Å². The van der Waals surface area contributed by atoms with Crippen molar-refractivity contribution in [3.8, 4) is 22.3 Å². The van der Waals surface area contributed by atoms with Gasteiger partial charge in [-0.1, -0.05) is 53.4 Å². The van der Waals surface area contributed by atoms with Gasteiger partial charge in [-0.15, -0.1) is 16.4 Å².